The molecule has 1 aromatic rings. The summed E-state index contributed by atoms with van der Waals surface area (Å²) in [5, 5.41) is -0.148. The van der Waals surface area contributed by atoms with Crippen molar-refractivity contribution in [3.8, 4) is 0 Å². The molecular weight excluding hydrogens is 267 g/mol. The van der Waals surface area contributed by atoms with Gasteiger partial charge in [0.05, 0.1) is 5.02 Å². The Morgan fingerprint density at radius 1 is 1.53 bits per heavy atom. The third kappa shape index (κ3) is 3.38. The number of halogens is 2. The van der Waals surface area contributed by atoms with Crippen LogP contribution in [0.25, 0.3) is 0 Å². The van der Waals surface area contributed by atoms with Crippen LogP contribution >= 0.6 is 11.6 Å². The lowest BCUT2D eigenvalue weighted by atomic mass is 10.2. The number of hydrogen-bond donors (Lipinski definition) is 2. The fourth-order valence-electron chi connectivity index (χ4n) is 1.21. The number of nitrogens with one attached hydrogen (secondary N) is 1. The van der Waals surface area contributed by atoms with Gasteiger partial charge in [-0.05, 0) is 31.5 Å². The van der Waals surface area contributed by atoms with Crippen LogP contribution in [0.2, 0.25) is 5.02 Å². The molecule has 0 heterocycles. The average molecular weight is 281 g/mol. The first-order chi connectivity index (χ1) is 7.77. The van der Waals surface area contributed by atoms with Crippen molar-refractivity contribution in [2.45, 2.75) is 24.8 Å². The van der Waals surface area contributed by atoms with Gasteiger partial charge in [-0.25, -0.2) is 17.5 Å². The third-order valence-corrected chi connectivity index (χ3v) is 4.27. The van der Waals surface area contributed by atoms with Gasteiger partial charge < -0.3 is 5.73 Å². The molecule has 0 saturated heterocycles. The van der Waals surface area contributed by atoms with Gasteiger partial charge in [-0.3, -0.25) is 0 Å². The lowest BCUT2D eigenvalue weighted by Gasteiger charge is -2.13. The fourth-order valence-corrected chi connectivity index (χ4v) is 3.07. The number of rotatable bonds is 4. The minimum absolute atomic E-state index is 0.140. The maximum atomic E-state index is 13.2. The first kappa shape index (κ1) is 14.4. The van der Waals surface area contributed by atoms with Gasteiger partial charge in [-0.15, -0.1) is 0 Å². The summed E-state index contributed by atoms with van der Waals surface area (Å²) in [7, 11) is -3.77. The molecule has 0 bridgehead atoms. The Balaban J connectivity index is 3.20. The van der Waals surface area contributed by atoms with E-state index in [0.29, 0.717) is 0 Å². The van der Waals surface area contributed by atoms with Gasteiger partial charge in [0.15, 0.2) is 0 Å². The van der Waals surface area contributed by atoms with Crippen molar-refractivity contribution in [1.82, 2.24) is 4.72 Å². The summed E-state index contributed by atoms with van der Waals surface area (Å²) in [6, 6.07) is 1.77. The van der Waals surface area contributed by atoms with Crippen LogP contribution < -0.4 is 10.5 Å². The number of nitrogens with two attached hydrogens (primary N) is 1. The second kappa shape index (κ2) is 5.30. The smallest absolute Gasteiger partial charge is 0.242 e. The van der Waals surface area contributed by atoms with Crippen LogP contribution in [0.4, 0.5) is 4.39 Å². The van der Waals surface area contributed by atoms with E-state index in [1.54, 1.807) is 6.92 Å². The lowest BCUT2D eigenvalue weighted by Crippen LogP contribution is -2.37. The predicted molar refractivity (Wildman–Crippen MR) is 65.0 cm³/mol. The molecule has 0 aromatic heterocycles. The third-order valence-electron chi connectivity index (χ3n) is 2.21. The van der Waals surface area contributed by atoms with Gasteiger partial charge in [0, 0.05) is 12.6 Å². The molecule has 0 saturated carbocycles. The van der Waals surface area contributed by atoms with E-state index < -0.39 is 21.9 Å². The van der Waals surface area contributed by atoms with Crippen molar-refractivity contribution in [2.75, 3.05) is 6.54 Å². The SMILES string of the molecule is Cc1cc(S(=O)(=O)N[C@@H](C)CN)c(Cl)cc1F. The van der Waals surface area contributed by atoms with Gasteiger partial charge in [0.1, 0.15) is 10.7 Å². The summed E-state index contributed by atoms with van der Waals surface area (Å²) >= 11 is 5.72. The van der Waals surface area contributed by atoms with Crippen molar-refractivity contribution >= 4 is 21.6 Å². The van der Waals surface area contributed by atoms with Crippen LogP contribution in [0, 0.1) is 12.7 Å². The first-order valence-corrected chi connectivity index (χ1v) is 6.82. The molecule has 0 radical (unpaired) electrons. The van der Waals surface area contributed by atoms with Crippen LogP contribution in [0.1, 0.15) is 12.5 Å². The minimum atomic E-state index is -3.77. The van der Waals surface area contributed by atoms with E-state index in [1.807, 2.05) is 0 Å². The second-order valence-corrected chi connectivity index (χ2v) is 5.88. The summed E-state index contributed by atoms with van der Waals surface area (Å²) in [5.74, 6) is -0.541. The van der Waals surface area contributed by atoms with E-state index in [1.165, 1.54) is 13.0 Å². The Morgan fingerprint density at radius 3 is 2.65 bits per heavy atom. The van der Waals surface area contributed by atoms with E-state index in [0.717, 1.165) is 6.07 Å². The van der Waals surface area contributed by atoms with Crippen molar-refractivity contribution < 1.29 is 12.8 Å². The Labute approximate surface area is 105 Å². The molecule has 0 unspecified atom stereocenters. The van der Waals surface area contributed by atoms with E-state index in [4.69, 9.17) is 17.3 Å². The van der Waals surface area contributed by atoms with Crippen LogP contribution in [-0.4, -0.2) is 21.0 Å². The Bertz CT molecular complexity index is 519. The number of aryl methyl sites for hydroxylation is 1. The highest BCUT2D eigenvalue weighted by Crippen LogP contribution is 2.24. The van der Waals surface area contributed by atoms with Gasteiger partial charge in [-0.1, -0.05) is 11.6 Å². The fraction of sp³-hybridized carbons (Fsp3) is 0.400. The van der Waals surface area contributed by atoms with Gasteiger partial charge in [0.25, 0.3) is 0 Å². The lowest BCUT2D eigenvalue weighted by molar-refractivity contribution is 0.562. The maximum Gasteiger partial charge on any atom is 0.242 e. The van der Waals surface area contributed by atoms with E-state index in [-0.39, 0.29) is 22.0 Å². The molecule has 0 aliphatic rings. The van der Waals surface area contributed by atoms with E-state index in [9.17, 15) is 12.8 Å². The van der Waals surface area contributed by atoms with Crippen LogP contribution in [0.15, 0.2) is 17.0 Å². The Kier molecular flexibility index (Phi) is 4.48. The average Bonchev–Trinajstić information content (AvgIpc) is 2.22. The van der Waals surface area contributed by atoms with Crippen molar-refractivity contribution in [2.24, 2.45) is 5.73 Å². The van der Waals surface area contributed by atoms with Crippen LogP contribution in [0.5, 0.6) is 0 Å². The van der Waals surface area contributed by atoms with Crippen LogP contribution in [-0.2, 0) is 10.0 Å². The molecule has 0 spiro atoms. The van der Waals surface area contributed by atoms with Crippen molar-refractivity contribution in [3.05, 3.63) is 28.5 Å². The molecule has 1 rings (SSSR count). The number of benzene rings is 1. The summed E-state index contributed by atoms with van der Waals surface area (Å²) in [6.45, 7) is 3.26. The minimum Gasteiger partial charge on any atom is -0.329 e. The summed E-state index contributed by atoms with van der Waals surface area (Å²) in [4.78, 5) is -0.140. The molecule has 17 heavy (non-hydrogen) atoms. The highest BCUT2D eigenvalue weighted by molar-refractivity contribution is 7.89. The zero-order valence-electron chi connectivity index (χ0n) is 9.50. The quantitative estimate of drug-likeness (QED) is 0.876. The summed E-state index contributed by atoms with van der Waals surface area (Å²) in [6.07, 6.45) is 0. The monoisotopic (exact) mass is 280 g/mol. The second-order valence-electron chi connectivity index (χ2n) is 3.79. The molecule has 7 heteroatoms. The topological polar surface area (TPSA) is 72.2 Å². The molecule has 4 nitrogen and oxygen atoms in total. The summed E-state index contributed by atoms with van der Waals surface area (Å²) < 4.78 is 39.3. The first-order valence-electron chi connectivity index (χ1n) is 4.96. The summed E-state index contributed by atoms with van der Waals surface area (Å²) in [5.41, 5.74) is 5.55. The maximum absolute atomic E-state index is 13.2. The zero-order chi connectivity index (χ0) is 13.2. The molecule has 1 aromatic carbocycles. The van der Waals surface area contributed by atoms with Crippen LogP contribution in [0.3, 0.4) is 0 Å². The molecule has 0 amide bonds. The van der Waals surface area contributed by atoms with Crippen molar-refractivity contribution in [1.29, 1.82) is 0 Å². The Hall–Kier alpha value is -0.690. The van der Waals surface area contributed by atoms with Gasteiger partial charge >= 0.3 is 0 Å². The molecule has 1 atom stereocenters. The standard InChI is InChI=1S/C10H14ClFN2O2S/c1-6-3-10(8(11)4-9(6)12)17(15,16)14-7(2)5-13/h3-4,7,14H,5,13H2,1-2H3/t7-/m0/s1. The number of hydrogen-bond acceptors (Lipinski definition) is 3. The van der Waals surface area contributed by atoms with Gasteiger partial charge in [-0.2, -0.15) is 0 Å². The van der Waals surface area contributed by atoms with E-state index >= 15 is 0 Å². The predicted octanol–water partition coefficient (Wildman–Crippen LogP) is 1.41. The molecule has 3 N–H and O–H groups in total. The Morgan fingerprint density at radius 2 is 2.12 bits per heavy atom. The molecule has 0 aliphatic heterocycles. The highest BCUT2D eigenvalue weighted by Gasteiger charge is 2.21. The molecular formula is C10H14ClFN2O2S. The van der Waals surface area contributed by atoms with Gasteiger partial charge in [0.2, 0.25) is 10.0 Å². The zero-order valence-corrected chi connectivity index (χ0v) is 11.1. The van der Waals surface area contributed by atoms with Crippen molar-refractivity contribution in [3.63, 3.8) is 0 Å². The number of sulfonamides is 1. The highest BCUT2D eigenvalue weighted by atomic mass is 35.5. The van der Waals surface area contributed by atoms with E-state index in [2.05, 4.69) is 4.72 Å². The molecule has 0 fully saturated rings. The largest absolute Gasteiger partial charge is 0.329 e. The molecule has 96 valence electrons. The normalized spacial score (nSPS) is 13.7. The molecule has 0 aliphatic carbocycles.